The number of aliphatic carboxylic acids is 3. The van der Waals surface area contributed by atoms with E-state index in [1.807, 2.05) is 13.8 Å². The topological polar surface area (TPSA) is 714 Å². The Morgan fingerprint density at radius 1 is 0.324 bits per heavy atom. The van der Waals surface area contributed by atoms with Crippen LogP contribution in [0.1, 0.15) is 270 Å². The predicted molar refractivity (Wildman–Crippen MR) is 530 cm³/mol. The first-order valence-electron chi connectivity index (χ1n) is 50.3. The molecule has 0 aromatic rings. The van der Waals surface area contributed by atoms with Crippen LogP contribution in [-0.2, 0) is 115 Å². The van der Waals surface area contributed by atoms with Crippen LogP contribution in [-0.4, -0.2) is 319 Å². The number of nitrogens with zero attached hydrogens (tertiary/aromatic N) is 2. The molecule has 20 amide bonds. The molecule has 2 aliphatic rings. The Hall–Kier alpha value is -12.8. The molecule has 0 saturated carbocycles. The number of carboxylic acid groups (broad SMARTS) is 3. The van der Waals surface area contributed by atoms with Gasteiger partial charge in [-0.2, -0.15) is 13.2 Å². The van der Waals surface area contributed by atoms with Crippen LogP contribution in [0.5, 0.6) is 0 Å². The first-order chi connectivity index (χ1) is 68.4. The molecular formula is C97H163F3N20O28. The molecule has 0 aliphatic carbocycles. The number of aldehydes is 1. The molecule has 840 valence electrons. The summed E-state index contributed by atoms with van der Waals surface area (Å²) in [5, 5.41) is 82.8. The number of hydrogen-bond donors (Lipinski definition) is 22. The average Bonchev–Trinajstić information content (AvgIpc) is 1.65. The van der Waals surface area contributed by atoms with Crippen LogP contribution in [0, 0.1) is 53.3 Å². The molecule has 48 nitrogen and oxygen atoms in total. The normalized spacial score (nSPS) is 17.6. The minimum absolute atomic E-state index is 0.0170. The van der Waals surface area contributed by atoms with Crippen molar-refractivity contribution in [3.63, 3.8) is 0 Å². The van der Waals surface area contributed by atoms with Gasteiger partial charge in [0.1, 0.15) is 121 Å². The van der Waals surface area contributed by atoms with Crippen LogP contribution < -0.4 is 95.7 Å². The van der Waals surface area contributed by atoms with Crippen LogP contribution >= 0.6 is 0 Å². The summed E-state index contributed by atoms with van der Waals surface area (Å²) in [4.78, 5) is 325. The van der Waals surface area contributed by atoms with Gasteiger partial charge >= 0.3 is 24.1 Å². The smallest absolute Gasteiger partial charge is 0.481 e. The standard InChI is InChI=1S/C95H162N20O26.C2HF3O2/c1-27-52(18)75(92(138)103-62(32-33-71(119)120)82(128)113-76(59(25)117)93(139)102-61(43-116)42-72(121)122)112-89(135)70-31-28-34-114(70)94(140)58(24)101-84(130)64(37-45(4)5)107-85(131)65(38-46(6)7)104-78(124)54(20)98-83(129)63(36-44(2)3)106-86(132)67(40-48(10)11)108-91(137)74(51(16)17)111-81(127)57(23)99-88(134)69-30-29-35-115(69)95(141)68(41-49(12)13)109-87(133)66(39-47(8)9)105-79(125)55(21)100-90(136)73(50(14)15)110-80(126)56(22)97-77(123)53(19)96-60(26)118;3-2(4,5)1(6)7/h43-59,61-70,73-76,117H,27-42H2,1-26H3,(H,96,118)(H,97,123)(H,98,129)(H,99,134)(H,100,136)(H,101,130)(H,102,139)(H,103,138)(H,104,124)(H,105,125)(H,106,132)(H,107,131)(H,108,137)(H,109,133)(H,110,126)(H,111,127)(H,112,135)(H,113,128)(H,119,120)(H,121,122);(H,6,7). The number of alkyl halides is 3. The number of carboxylic acids is 3. The van der Waals surface area contributed by atoms with Gasteiger partial charge in [0.15, 0.2) is 0 Å². The second kappa shape index (κ2) is 63.8. The summed E-state index contributed by atoms with van der Waals surface area (Å²) in [5.41, 5.74) is 0. The molecule has 22 unspecified atom stereocenters. The maximum Gasteiger partial charge on any atom is 0.490 e. The lowest BCUT2D eigenvalue weighted by molar-refractivity contribution is -0.192. The number of rotatable bonds is 60. The Balaban J connectivity index is 0.0000150. The Bertz CT molecular complexity index is 4570. The molecule has 0 spiro atoms. The van der Waals surface area contributed by atoms with Gasteiger partial charge in [-0.3, -0.25) is 105 Å². The number of amides is 20. The first kappa shape index (κ1) is 133. The van der Waals surface area contributed by atoms with Crippen molar-refractivity contribution in [2.24, 2.45) is 53.3 Å². The van der Waals surface area contributed by atoms with E-state index in [-0.39, 0.29) is 113 Å². The second-order valence-electron chi connectivity index (χ2n) is 41.3. The number of hydrogen-bond acceptors (Lipinski definition) is 25. The molecule has 0 bridgehead atoms. The summed E-state index contributed by atoms with van der Waals surface area (Å²) >= 11 is 0. The van der Waals surface area contributed by atoms with Gasteiger partial charge in [0.25, 0.3) is 0 Å². The van der Waals surface area contributed by atoms with Gasteiger partial charge in [0.05, 0.1) is 18.6 Å². The molecular weight excluding hydrogens is 1950 g/mol. The number of aliphatic hydroxyl groups excluding tert-OH is 1. The van der Waals surface area contributed by atoms with Crippen molar-refractivity contribution in [1.29, 1.82) is 0 Å². The van der Waals surface area contributed by atoms with Gasteiger partial charge in [0, 0.05) is 26.4 Å². The summed E-state index contributed by atoms with van der Waals surface area (Å²) < 4.78 is 31.7. The fourth-order valence-corrected chi connectivity index (χ4v) is 15.8. The average molecular weight is 2110 g/mol. The van der Waals surface area contributed by atoms with E-state index in [1.54, 1.807) is 111 Å². The highest BCUT2D eigenvalue weighted by Gasteiger charge is 2.46. The molecule has 2 saturated heterocycles. The molecule has 0 aromatic carbocycles. The van der Waals surface area contributed by atoms with Crippen molar-refractivity contribution in [1.82, 2.24) is 106 Å². The van der Waals surface area contributed by atoms with Gasteiger partial charge in [0.2, 0.25) is 118 Å². The van der Waals surface area contributed by atoms with Crippen molar-refractivity contribution in [2.45, 2.75) is 403 Å². The number of nitrogens with one attached hydrogen (secondary N) is 18. The Kier molecular flexibility index (Phi) is 57.4. The molecule has 22 atom stereocenters. The molecule has 22 N–H and O–H groups in total. The molecule has 2 rings (SSSR count). The highest BCUT2D eigenvalue weighted by atomic mass is 19.4. The summed E-state index contributed by atoms with van der Waals surface area (Å²) in [6.45, 7) is 42.0. The predicted octanol–water partition coefficient (Wildman–Crippen LogP) is -0.979. The highest BCUT2D eigenvalue weighted by Crippen LogP contribution is 2.25. The van der Waals surface area contributed by atoms with E-state index < -0.39 is 306 Å². The maximum atomic E-state index is 14.7. The summed E-state index contributed by atoms with van der Waals surface area (Å²) in [6.07, 6.45) is -7.31. The van der Waals surface area contributed by atoms with Gasteiger partial charge in [-0.05, 0) is 172 Å². The fraction of sp³-hybridized carbons (Fsp3) is 0.753. The Morgan fingerprint density at radius 2 is 0.601 bits per heavy atom. The molecule has 0 radical (unpaired) electrons. The number of likely N-dealkylation sites (tertiary alicyclic amines) is 2. The Labute approximate surface area is 862 Å². The zero-order valence-corrected chi connectivity index (χ0v) is 89.8. The van der Waals surface area contributed by atoms with Crippen LogP contribution in [0.25, 0.3) is 0 Å². The van der Waals surface area contributed by atoms with Crippen molar-refractivity contribution in [3.8, 4) is 0 Å². The third-order valence-electron chi connectivity index (χ3n) is 24.0. The monoisotopic (exact) mass is 2110 g/mol. The zero-order valence-electron chi connectivity index (χ0n) is 89.8. The largest absolute Gasteiger partial charge is 0.490 e. The van der Waals surface area contributed by atoms with E-state index in [4.69, 9.17) is 15.0 Å². The van der Waals surface area contributed by atoms with E-state index in [9.17, 15) is 134 Å². The third kappa shape index (κ3) is 47.2. The first-order valence-corrected chi connectivity index (χ1v) is 50.3. The van der Waals surface area contributed by atoms with Crippen molar-refractivity contribution in [2.75, 3.05) is 13.1 Å². The maximum absolute atomic E-state index is 14.7. The quantitative estimate of drug-likeness (QED) is 0.0326. The molecule has 2 heterocycles. The van der Waals surface area contributed by atoms with E-state index in [0.29, 0.717) is 12.8 Å². The lowest BCUT2D eigenvalue weighted by Gasteiger charge is -2.32. The minimum Gasteiger partial charge on any atom is -0.481 e. The number of carbonyl (C=O) groups excluding carboxylic acids is 21. The lowest BCUT2D eigenvalue weighted by atomic mass is 9.96. The summed E-state index contributed by atoms with van der Waals surface area (Å²) in [7, 11) is 0. The third-order valence-corrected chi connectivity index (χ3v) is 24.0. The highest BCUT2D eigenvalue weighted by molar-refractivity contribution is 6.03. The summed E-state index contributed by atoms with van der Waals surface area (Å²) in [5.74, 6) is -24.8. The van der Waals surface area contributed by atoms with E-state index in [2.05, 4.69) is 95.7 Å². The van der Waals surface area contributed by atoms with Crippen molar-refractivity contribution >= 4 is 142 Å². The molecule has 51 heteroatoms. The molecule has 148 heavy (non-hydrogen) atoms. The second-order valence-corrected chi connectivity index (χ2v) is 41.3. The van der Waals surface area contributed by atoms with E-state index in [1.165, 1.54) is 58.3 Å². The van der Waals surface area contributed by atoms with Crippen LogP contribution in [0.2, 0.25) is 0 Å². The van der Waals surface area contributed by atoms with Gasteiger partial charge < -0.3 is 131 Å². The minimum atomic E-state index is -5.08. The van der Waals surface area contributed by atoms with Gasteiger partial charge in [-0.25, -0.2) is 4.79 Å². The van der Waals surface area contributed by atoms with E-state index in [0.717, 1.165) is 6.92 Å². The number of carbonyl (C=O) groups is 24. The van der Waals surface area contributed by atoms with Crippen LogP contribution in [0.3, 0.4) is 0 Å². The van der Waals surface area contributed by atoms with Gasteiger partial charge in [-0.15, -0.1) is 0 Å². The molecule has 2 fully saturated rings. The summed E-state index contributed by atoms with van der Waals surface area (Å²) in [6, 6.07) is -26.5. The lowest BCUT2D eigenvalue weighted by Crippen LogP contribution is -2.61. The van der Waals surface area contributed by atoms with Crippen molar-refractivity contribution in [3.05, 3.63) is 0 Å². The fourth-order valence-electron chi connectivity index (χ4n) is 15.8. The molecule has 0 aromatic heterocycles. The van der Waals surface area contributed by atoms with Crippen molar-refractivity contribution < 1.29 is 149 Å². The van der Waals surface area contributed by atoms with E-state index >= 15 is 0 Å². The zero-order chi connectivity index (χ0) is 114. The van der Waals surface area contributed by atoms with Crippen LogP contribution in [0.15, 0.2) is 0 Å². The number of halogens is 3. The van der Waals surface area contributed by atoms with Crippen LogP contribution in [0.4, 0.5) is 13.2 Å². The van der Waals surface area contributed by atoms with Gasteiger partial charge in [-0.1, -0.05) is 131 Å². The number of aliphatic hydroxyl groups is 1. The molecule has 2 aliphatic heterocycles. The Morgan fingerprint density at radius 3 is 0.953 bits per heavy atom. The SMILES string of the molecule is CCC(C)C(NC(=O)C1CCCN1C(=O)C(C)NC(=O)C(CC(C)C)NC(=O)C(CC(C)C)NC(=O)C(C)NC(=O)C(CC(C)C)NC(=O)C(CC(C)C)NC(=O)C(NC(=O)C(C)NC(=O)C1CCCN1C(=O)C(CC(C)C)NC(=O)C(CC(C)C)NC(=O)C(C)NC(=O)C(NC(=O)C(C)NC(=O)C(C)NC(C)=O)C(C)C)C(C)C)C(=O)NC(CCC(=O)O)C(=O)NC(C(=O)NC(C=O)CC(=O)O)C(C)O.O=C(O)C(F)(F)F.